The van der Waals surface area contributed by atoms with Crippen molar-refractivity contribution < 1.29 is 14.4 Å². The minimum Gasteiger partial charge on any atom is -0.480 e. The van der Waals surface area contributed by atoms with Crippen LogP contribution in [-0.2, 0) is 13.0 Å². The molecule has 0 fully saturated rings. The Kier molecular flexibility index (Phi) is 5.55. The van der Waals surface area contributed by atoms with Gasteiger partial charge in [0.1, 0.15) is 12.9 Å². The van der Waals surface area contributed by atoms with Gasteiger partial charge in [-0.15, -0.1) is 0 Å². The maximum Gasteiger partial charge on any atom is 0.276 e. The van der Waals surface area contributed by atoms with E-state index in [1.807, 2.05) is 0 Å². The fourth-order valence-corrected chi connectivity index (χ4v) is 2.62. The molecule has 0 radical (unpaired) electrons. The number of aromatic nitrogens is 4. The summed E-state index contributed by atoms with van der Waals surface area (Å²) >= 11 is 11.7. The molecule has 136 valence electrons. The molecule has 0 bridgehead atoms. The monoisotopic (exact) mass is 396 g/mol. The van der Waals surface area contributed by atoms with Gasteiger partial charge in [0.05, 0.1) is 13.2 Å². The lowest BCUT2D eigenvalue weighted by Gasteiger charge is -2.08. The molecule has 0 spiro atoms. The van der Waals surface area contributed by atoms with E-state index in [4.69, 9.17) is 32.5 Å². The predicted molar refractivity (Wildman–Crippen MR) is 93.6 cm³/mol. The molecule has 0 unspecified atom stereocenters. The fourth-order valence-electron chi connectivity index (χ4n) is 2.26. The van der Waals surface area contributed by atoms with Gasteiger partial charge >= 0.3 is 0 Å². The molecule has 3 aromatic rings. The molecule has 3 rings (SSSR count). The highest BCUT2D eigenvalue weighted by Gasteiger charge is 2.16. The molecule has 0 saturated heterocycles. The molecule has 0 saturated carbocycles. The van der Waals surface area contributed by atoms with Crippen LogP contribution in [0.5, 0.6) is 5.88 Å². The minimum atomic E-state index is -0.808. The van der Waals surface area contributed by atoms with E-state index < -0.39 is 11.7 Å². The van der Waals surface area contributed by atoms with Gasteiger partial charge in [-0.3, -0.25) is 9.36 Å². The SMILES string of the molecule is COc1ncn(Cc2nc(C[C@H](O)c3ccc(Cl)cc3)no2)c(=O)c1Cl. The second kappa shape index (κ2) is 7.86. The molecule has 0 amide bonds. The average Bonchev–Trinajstić information content (AvgIpc) is 3.06. The summed E-state index contributed by atoms with van der Waals surface area (Å²) in [6, 6.07) is 6.82. The quantitative estimate of drug-likeness (QED) is 0.681. The van der Waals surface area contributed by atoms with Gasteiger partial charge in [0, 0.05) is 11.4 Å². The van der Waals surface area contributed by atoms with Gasteiger partial charge in [-0.2, -0.15) is 4.98 Å². The van der Waals surface area contributed by atoms with Crippen molar-refractivity contribution in [2.24, 2.45) is 0 Å². The number of methoxy groups -OCH3 is 1. The second-order valence-corrected chi connectivity index (χ2v) is 6.19. The highest BCUT2D eigenvalue weighted by atomic mass is 35.5. The Bertz CT molecular complexity index is 956. The van der Waals surface area contributed by atoms with Crippen molar-refractivity contribution in [1.82, 2.24) is 19.7 Å². The van der Waals surface area contributed by atoms with Crippen LogP contribution in [0, 0.1) is 0 Å². The van der Waals surface area contributed by atoms with Crippen LogP contribution in [0.3, 0.4) is 0 Å². The number of halogens is 2. The summed E-state index contributed by atoms with van der Waals surface area (Å²) in [6.45, 7) is -0.000409. The van der Waals surface area contributed by atoms with Crippen molar-refractivity contribution in [3.8, 4) is 5.88 Å². The number of hydrogen-bond donors (Lipinski definition) is 1. The molecule has 0 aliphatic carbocycles. The van der Waals surface area contributed by atoms with Crippen LogP contribution in [0.1, 0.15) is 23.4 Å². The van der Waals surface area contributed by atoms with Crippen molar-refractivity contribution in [2.75, 3.05) is 7.11 Å². The van der Waals surface area contributed by atoms with Crippen LogP contribution in [0.2, 0.25) is 10.0 Å². The molecule has 0 aliphatic heterocycles. The van der Waals surface area contributed by atoms with E-state index in [9.17, 15) is 9.90 Å². The van der Waals surface area contributed by atoms with Gasteiger partial charge < -0.3 is 14.4 Å². The molecule has 1 N–H and O–H groups in total. The second-order valence-electron chi connectivity index (χ2n) is 5.38. The molecular formula is C16H14Cl2N4O4. The molecule has 1 aromatic carbocycles. The number of aliphatic hydroxyl groups excluding tert-OH is 1. The Balaban J connectivity index is 1.71. The first-order valence-corrected chi connectivity index (χ1v) is 8.27. The minimum absolute atomic E-state index is 0.000409. The Morgan fingerprint density at radius 2 is 2.04 bits per heavy atom. The van der Waals surface area contributed by atoms with Gasteiger partial charge in [0.15, 0.2) is 10.8 Å². The van der Waals surface area contributed by atoms with Gasteiger partial charge in [-0.1, -0.05) is 40.5 Å². The van der Waals surface area contributed by atoms with Crippen molar-refractivity contribution in [2.45, 2.75) is 19.1 Å². The van der Waals surface area contributed by atoms with Crippen LogP contribution in [-0.4, -0.2) is 31.9 Å². The van der Waals surface area contributed by atoms with Crippen LogP contribution in [0.4, 0.5) is 0 Å². The van der Waals surface area contributed by atoms with E-state index in [0.717, 1.165) is 0 Å². The van der Waals surface area contributed by atoms with Crippen LogP contribution in [0.25, 0.3) is 0 Å². The zero-order valence-corrected chi connectivity index (χ0v) is 15.1. The standard InChI is InChI=1S/C16H14Cl2N4O4/c1-25-15-14(18)16(24)22(8-19-15)7-13-20-12(21-26-13)6-11(23)9-2-4-10(17)5-3-9/h2-5,8,11,23H,6-7H2,1H3/t11-/m0/s1. The molecule has 2 heterocycles. The van der Waals surface area contributed by atoms with E-state index in [-0.39, 0.29) is 29.8 Å². The fraction of sp³-hybridized carbons (Fsp3) is 0.250. The zero-order chi connectivity index (χ0) is 18.7. The third-order valence-electron chi connectivity index (χ3n) is 3.59. The Morgan fingerprint density at radius 3 is 2.73 bits per heavy atom. The molecule has 0 aliphatic rings. The molecule has 1 atom stereocenters. The normalized spacial score (nSPS) is 12.2. The van der Waals surface area contributed by atoms with Gasteiger partial charge in [-0.05, 0) is 17.7 Å². The molecule has 10 heteroatoms. The Hall–Kier alpha value is -2.42. The summed E-state index contributed by atoms with van der Waals surface area (Å²) in [5.74, 6) is 0.543. The Labute approximate surface area is 158 Å². The zero-order valence-electron chi connectivity index (χ0n) is 13.6. The van der Waals surface area contributed by atoms with Crippen molar-refractivity contribution in [3.05, 3.63) is 68.3 Å². The lowest BCUT2D eigenvalue weighted by Crippen LogP contribution is -2.22. The first-order chi connectivity index (χ1) is 12.5. The molecule has 8 nitrogen and oxygen atoms in total. The maximum atomic E-state index is 12.1. The smallest absolute Gasteiger partial charge is 0.276 e. The number of rotatable bonds is 6. The van der Waals surface area contributed by atoms with Crippen molar-refractivity contribution in [3.63, 3.8) is 0 Å². The van der Waals surface area contributed by atoms with E-state index in [0.29, 0.717) is 16.4 Å². The summed E-state index contributed by atoms with van der Waals surface area (Å²) < 4.78 is 11.2. The average molecular weight is 397 g/mol. The number of ether oxygens (including phenoxy) is 1. The number of benzene rings is 1. The van der Waals surface area contributed by atoms with Gasteiger partial charge in [0.2, 0.25) is 11.8 Å². The lowest BCUT2D eigenvalue weighted by molar-refractivity contribution is 0.174. The topological polar surface area (TPSA) is 103 Å². The van der Waals surface area contributed by atoms with Crippen molar-refractivity contribution in [1.29, 1.82) is 0 Å². The highest BCUT2D eigenvalue weighted by molar-refractivity contribution is 6.31. The predicted octanol–water partition coefficient (Wildman–Crippen LogP) is 2.27. The van der Waals surface area contributed by atoms with E-state index in [1.165, 1.54) is 18.0 Å². The first-order valence-electron chi connectivity index (χ1n) is 7.52. The summed E-state index contributed by atoms with van der Waals surface area (Å²) in [7, 11) is 1.37. The summed E-state index contributed by atoms with van der Waals surface area (Å²) in [6.07, 6.45) is 0.624. The summed E-state index contributed by atoms with van der Waals surface area (Å²) in [5, 5.41) is 14.5. The molecular weight excluding hydrogens is 383 g/mol. The van der Waals surface area contributed by atoms with Gasteiger partial charge in [0.25, 0.3) is 5.56 Å². The number of hydrogen-bond acceptors (Lipinski definition) is 7. The van der Waals surface area contributed by atoms with E-state index >= 15 is 0 Å². The van der Waals surface area contributed by atoms with Crippen LogP contribution in [0.15, 0.2) is 39.9 Å². The molecule has 26 heavy (non-hydrogen) atoms. The third-order valence-corrected chi connectivity index (χ3v) is 4.17. The van der Waals surface area contributed by atoms with Crippen molar-refractivity contribution >= 4 is 23.2 Å². The number of nitrogens with zero attached hydrogens (tertiary/aromatic N) is 4. The van der Waals surface area contributed by atoms with E-state index in [1.54, 1.807) is 24.3 Å². The first kappa shape index (κ1) is 18.4. The summed E-state index contributed by atoms with van der Waals surface area (Å²) in [4.78, 5) is 20.2. The third kappa shape index (κ3) is 4.04. The van der Waals surface area contributed by atoms with Crippen LogP contribution >= 0.6 is 23.2 Å². The lowest BCUT2D eigenvalue weighted by atomic mass is 10.1. The van der Waals surface area contributed by atoms with Gasteiger partial charge in [-0.25, -0.2) is 4.98 Å². The maximum absolute atomic E-state index is 12.1. The van der Waals surface area contributed by atoms with Crippen LogP contribution < -0.4 is 10.3 Å². The van der Waals surface area contributed by atoms with E-state index in [2.05, 4.69) is 15.1 Å². The largest absolute Gasteiger partial charge is 0.480 e. The number of aliphatic hydroxyl groups is 1. The highest BCUT2D eigenvalue weighted by Crippen LogP contribution is 2.19. The Morgan fingerprint density at radius 1 is 1.31 bits per heavy atom. The summed E-state index contributed by atoms with van der Waals surface area (Å²) in [5.41, 5.74) is 0.197. The molecule has 2 aromatic heterocycles.